The van der Waals surface area contributed by atoms with Gasteiger partial charge >= 0.3 is 0 Å². The molecule has 0 spiro atoms. The molecule has 0 aliphatic carbocycles. The Bertz CT molecular complexity index is 546. The highest BCUT2D eigenvalue weighted by atomic mass is 19.2. The fourth-order valence-corrected chi connectivity index (χ4v) is 2.03. The van der Waals surface area contributed by atoms with Gasteiger partial charge in [0, 0.05) is 13.6 Å². The highest BCUT2D eigenvalue weighted by Crippen LogP contribution is 2.23. The van der Waals surface area contributed by atoms with Crippen molar-refractivity contribution >= 4 is 17.5 Å². The predicted octanol–water partition coefficient (Wildman–Crippen LogP) is 1.69. The second kappa shape index (κ2) is 4.95. The Morgan fingerprint density at radius 1 is 1.37 bits per heavy atom. The summed E-state index contributed by atoms with van der Waals surface area (Å²) in [6.07, 6.45) is 0.386. The van der Waals surface area contributed by atoms with Crippen LogP contribution in [0.15, 0.2) is 12.1 Å². The quantitative estimate of drug-likeness (QED) is 0.830. The van der Waals surface area contributed by atoms with Gasteiger partial charge in [-0.3, -0.25) is 9.59 Å². The number of rotatable bonds is 2. The summed E-state index contributed by atoms with van der Waals surface area (Å²) >= 11 is 0. The van der Waals surface area contributed by atoms with Gasteiger partial charge in [-0.25, -0.2) is 8.78 Å². The number of hydrogen-bond donors (Lipinski definition) is 1. The van der Waals surface area contributed by atoms with Gasteiger partial charge in [0.2, 0.25) is 11.8 Å². The first-order valence-corrected chi connectivity index (χ1v) is 5.92. The van der Waals surface area contributed by atoms with E-state index in [0.717, 1.165) is 0 Å². The van der Waals surface area contributed by atoms with Crippen LogP contribution in [0.25, 0.3) is 0 Å². The number of nitrogens with zero attached hydrogens (tertiary/aromatic N) is 1. The van der Waals surface area contributed by atoms with Crippen LogP contribution >= 0.6 is 0 Å². The minimum atomic E-state index is -1.10. The minimum absolute atomic E-state index is 0.159. The average molecular weight is 268 g/mol. The van der Waals surface area contributed by atoms with E-state index in [1.54, 1.807) is 7.05 Å². The number of aryl methyl sites for hydroxylation is 1. The molecule has 19 heavy (non-hydrogen) atoms. The van der Waals surface area contributed by atoms with Gasteiger partial charge in [-0.2, -0.15) is 0 Å². The number of anilines is 1. The van der Waals surface area contributed by atoms with Crippen LogP contribution < -0.4 is 5.32 Å². The van der Waals surface area contributed by atoms with E-state index in [4.69, 9.17) is 0 Å². The summed E-state index contributed by atoms with van der Waals surface area (Å²) in [5.74, 6) is -3.82. The van der Waals surface area contributed by atoms with Gasteiger partial charge in [0.25, 0.3) is 0 Å². The van der Waals surface area contributed by atoms with E-state index in [1.165, 1.54) is 24.0 Å². The van der Waals surface area contributed by atoms with E-state index >= 15 is 0 Å². The first-order valence-electron chi connectivity index (χ1n) is 5.92. The van der Waals surface area contributed by atoms with Crippen LogP contribution in [0, 0.1) is 24.5 Å². The summed E-state index contributed by atoms with van der Waals surface area (Å²) in [5.41, 5.74) is -0.0809. The number of amides is 2. The summed E-state index contributed by atoms with van der Waals surface area (Å²) in [6.45, 7) is 1.92. The van der Waals surface area contributed by atoms with Crippen molar-refractivity contribution < 1.29 is 18.4 Å². The number of likely N-dealkylation sites (tertiary alicyclic amines) is 1. The summed E-state index contributed by atoms with van der Waals surface area (Å²) in [6, 6.07) is 2.66. The smallest absolute Gasteiger partial charge is 0.237 e. The minimum Gasteiger partial charge on any atom is -0.345 e. The first-order chi connectivity index (χ1) is 8.91. The molecule has 2 rings (SSSR count). The van der Waals surface area contributed by atoms with Crippen LogP contribution in [0.2, 0.25) is 0 Å². The van der Waals surface area contributed by atoms with Crippen LogP contribution in [0.4, 0.5) is 14.5 Å². The van der Waals surface area contributed by atoms with Crippen LogP contribution in [0.3, 0.4) is 0 Å². The summed E-state index contributed by atoms with van der Waals surface area (Å²) in [4.78, 5) is 25.0. The Morgan fingerprint density at radius 3 is 2.63 bits per heavy atom. The largest absolute Gasteiger partial charge is 0.345 e. The lowest BCUT2D eigenvalue weighted by Gasteiger charge is -2.12. The van der Waals surface area contributed by atoms with Crippen LogP contribution in [0.5, 0.6) is 0 Å². The SMILES string of the molecule is Cc1ccc(NC(=O)[C@@H]2CCN(C)C2=O)c(F)c1F. The van der Waals surface area contributed by atoms with Crippen molar-refractivity contribution in [1.82, 2.24) is 4.90 Å². The number of nitrogens with one attached hydrogen (secondary N) is 1. The molecule has 4 nitrogen and oxygen atoms in total. The summed E-state index contributed by atoms with van der Waals surface area (Å²) in [7, 11) is 1.60. The third-order valence-corrected chi connectivity index (χ3v) is 3.28. The fraction of sp³-hybridized carbons (Fsp3) is 0.385. The van der Waals surface area contributed by atoms with E-state index < -0.39 is 23.5 Å². The number of benzene rings is 1. The molecule has 0 saturated carbocycles. The van der Waals surface area contributed by atoms with E-state index in [9.17, 15) is 18.4 Å². The van der Waals surface area contributed by atoms with E-state index in [1.807, 2.05) is 0 Å². The molecule has 1 atom stereocenters. The Balaban J connectivity index is 2.16. The van der Waals surface area contributed by atoms with Crippen molar-refractivity contribution in [3.05, 3.63) is 29.3 Å². The molecule has 0 aromatic heterocycles. The van der Waals surface area contributed by atoms with Gasteiger partial charge < -0.3 is 10.2 Å². The fourth-order valence-electron chi connectivity index (χ4n) is 2.03. The normalized spacial score (nSPS) is 18.8. The van der Waals surface area contributed by atoms with E-state index in [-0.39, 0.29) is 17.2 Å². The topological polar surface area (TPSA) is 49.4 Å². The molecule has 0 unspecified atom stereocenters. The number of halogens is 2. The van der Waals surface area contributed by atoms with Crippen molar-refractivity contribution in [1.29, 1.82) is 0 Å². The third-order valence-electron chi connectivity index (χ3n) is 3.28. The molecule has 6 heteroatoms. The molecular formula is C13H14F2N2O2. The molecule has 1 saturated heterocycles. The maximum Gasteiger partial charge on any atom is 0.237 e. The second-order valence-electron chi connectivity index (χ2n) is 4.65. The first kappa shape index (κ1) is 13.5. The van der Waals surface area contributed by atoms with Crippen LogP contribution in [0.1, 0.15) is 12.0 Å². The summed E-state index contributed by atoms with van der Waals surface area (Å²) < 4.78 is 27.0. The van der Waals surface area contributed by atoms with E-state index in [0.29, 0.717) is 13.0 Å². The molecule has 102 valence electrons. The zero-order chi connectivity index (χ0) is 14.2. The maximum atomic E-state index is 13.6. The van der Waals surface area contributed by atoms with Crippen LogP contribution in [-0.4, -0.2) is 30.3 Å². The zero-order valence-electron chi connectivity index (χ0n) is 10.7. The Kier molecular flexibility index (Phi) is 3.50. The molecule has 2 amide bonds. The van der Waals surface area contributed by atoms with Crippen molar-refractivity contribution in [3.8, 4) is 0 Å². The molecule has 1 N–H and O–H groups in total. The van der Waals surface area contributed by atoms with Gasteiger partial charge in [-0.15, -0.1) is 0 Å². The second-order valence-corrected chi connectivity index (χ2v) is 4.65. The van der Waals surface area contributed by atoms with Gasteiger partial charge in [0.15, 0.2) is 11.6 Å². The molecule has 1 fully saturated rings. The Hall–Kier alpha value is -1.98. The molecule has 1 aromatic rings. The van der Waals surface area contributed by atoms with Gasteiger partial charge in [0.05, 0.1) is 5.69 Å². The Morgan fingerprint density at radius 2 is 2.05 bits per heavy atom. The van der Waals surface area contributed by atoms with Crippen molar-refractivity contribution in [3.63, 3.8) is 0 Å². The van der Waals surface area contributed by atoms with Crippen LogP contribution in [-0.2, 0) is 9.59 Å². The lowest BCUT2D eigenvalue weighted by atomic mass is 10.1. The van der Waals surface area contributed by atoms with E-state index in [2.05, 4.69) is 5.32 Å². The highest BCUT2D eigenvalue weighted by molar-refractivity contribution is 6.07. The molecule has 1 aliphatic heterocycles. The predicted molar refractivity (Wildman–Crippen MR) is 65.5 cm³/mol. The third kappa shape index (κ3) is 2.43. The molecule has 1 aromatic carbocycles. The monoisotopic (exact) mass is 268 g/mol. The average Bonchev–Trinajstić information content (AvgIpc) is 2.71. The lowest BCUT2D eigenvalue weighted by Crippen LogP contribution is -2.31. The number of carbonyl (C=O) groups excluding carboxylic acids is 2. The van der Waals surface area contributed by atoms with Crippen molar-refractivity contribution in [2.75, 3.05) is 18.9 Å². The van der Waals surface area contributed by atoms with Crippen molar-refractivity contribution in [2.45, 2.75) is 13.3 Å². The summed E-state index contributed by atoms with van der Waals surface area (Å²) in [5, 5.41) is 2.27. The van der Waals surface area contributed by atoms with Gasteiger partial charge in [0.1, 0.15) is 5.92 Å². The highest BCUT2D eigenvalue weighted by Gasteiger charge is 2.35. The molecule has 0 bridgehead atoms. The Labute approximate surface area is 109 Å². The number of hydrogen-bond acceptors (Lipinski definition) is 2. The molecule has 0 radical (unpaired) electrons. The van der Waals surface area contributed by atoms with Crippen molar-refractivity contribution in [2.24, 2.45) is 5.92 Å². The molecule has 1 heterocycles. The maximum absolute atomic E-state index is 13.6. The molecular weight excluding hydrogens is 254 g/mol. The molecule has 1 aliphatic rings. The standard InChI is InChI=1S/C13H14F2N2O2/c1-7-3-4-9(11(15)10(7)14)16-12(18)8-5-6-17(2)13(8)19/h3-4,8H,5-6H2,1-2H3,(H,16,18)/t8-/m0/s1. The lowest BCUT2D eigenvalue weighted by molar-refractivity contribution is -0.134. The van der Waals surface area contributed by atoms with Gasteiger partial charge in [-0.1, -0.05) is 6.07 Å². The zero-order valence-corrected chi connectivity index (χ0v) is 10.7. The number of carbonyl (C=O) groups is 2. The van der Waals surface area contributed by atoms with Gasteiger partial charge in [-0.05, 0) is 25.0 Å².